The van der Waals surface area contributed by atoms with Crippen LogP contribution in [0.4, 0.5) is 11.6 Å². The summed E-state index contributed by atoms with van der Waals surface area (Å²) in [6, 6.07) is 9.34. The van der Waals surface area contributed by atoms with Crippen LogP contribution in [0.25, 0.3) is 0 Å². The standard InChI is InChI=1S/C19H21N7O/c1-13-22-16(11-18(23-13)24-17-6-2-3-8-20-17)14-5-4-10-26(12-14)19(27)15-7-9-21-25-15/h2-3,6-9,11,14H,4-5,10,12H2,1H3,(H,21,25)(H,20,22,23,24). The average molecular weight is 363 g/mol. The number of H-pyrrole nitrogens is 1. The topological polar surface area (TPSA) is 99.7 Å². The Balaban J connectivity index is 1.53. The lowest BCUT2D eigenvalue weighted by atomic mass is 9.94. The molecule has 1 aliphatic rings. The predicted octanol–water partition coefficient (Wildman–Crippen LogP) is 2.67. The van der Waals surface area contributed by atoms with Crippen LogP contribution in [-0.4, -0.2) is 49.0 Å². The number of nitrogens with zero attached hydrogens (tertiary/aromatic N) is 5. The van der Waals surface area contributed by atoms with Crippen LogP contribution in [0.5, 0.6) is 0 Å². The minimum absolute atomic E-state index is 0.0187. The zero-order valence-corrected chi connectivity index (χ0v) is 15.1. The van der Waals surface area contributed by atoms with Crippen molar-refractivity contribution in [2.75, 3.05) is 18.4 Å². The first-order valence-electron chi connectivity index (χ1n) is 9.01. The van der Waals surface area contributed by atoms with Crippen LogP contribution < -0.4 is 5.32 Å². The summed E-state index contributed by atoms with van der Waals surface area (Å²) in [6.45, 7) is 3.26. The number of hydrogen-bond acceptors (Lipinski definition) is 6. The number of carbonyl (C=O) groups is 1. The van der Waals surface area contributed by atoms with Gasteiger partial charge in [0.15, 0.2) is 0 Å². The van der Waals surface area contributed by atoms with E-state index in [9.17, 15) is 4.79 Å². The van der Waals surface area contributed by atoms with Gasteiger partial charge >= 0.3 is 0 Å². The van der Waals surface area contributed by atoms with E-state index >= 15 is 0 Å². The summed E-state index contributed by atoms with van der Waals surface area (Å²) < 4.78 is 0. The van der Waals surface area contributed by atoms with E-state index in [0.717, 1.165) is 30.9 Å². The monoisotopic (exact) mass is 363 g/mol. The van der Waals surface area contributed by atoms with Gasteiger partial charge in [-0.05, 0) is 38.0 Å². The highest BCUT2D eigenvalue weighted by atomic mass is 16.2. The molecule has 1 unspecified atom stereocenters. The largest absolute Gasteiger partial charge is 0.337 e. The molecule has 1 atom stereocenters. The zero-order valence-electron chi connectivity index (χ0n) is 15.1. The summed E-state index contributed by atoms with van der Waals surface area (Å²) in [4.78, 5) is 27.8. The molecule has 0 bridgehead atoms. The highest BCUT2D eigenvalue weighted by molar-refractivity contribution is 5.92. The van der Waals surface area contributed by atoms with E-state index in [1.807, 2.05) is 36.1 Å². The lowest BCUT2D eigenvalue weighted by Gasteiger charge is -2.32. The number of piperidine rings is 1. The summed E-state index contributed by atoms with van der Waals surface area (Å²) in [5.41, 5.74) is 1.47. The molecule has 1 saturated heterocycles. The maximum absolute atomic E-state index is 12.6. The van der Waals surface area contributed by atoms with Gasteiger partial charge in [-0.1, -0.05) is 6.07 Å². The minimum Gasteiger partial charge on any atom is -0.337 e. The van der Waals surface area contributed by atoms with Crippen molar-refractivity contribution in [3.63, 3.8) is 0 Å². The highest BCUT2D eigenvalue weighted by Crippen LogP contribution is 2.28. The quantitative estimate of drug-likeness (QED) is 0.739. The van der Waals surface area contributed by atoms with Crippen LogP contribution in [0.3, 0.4) is 0 Å². The van der Waals surface area contributed by atoms with E-state index in [4.69, 9.17) is 0 Å². The Hall–Kier alpha value is -3.29. The third-order valence-corrected chi connectivity index (χ3v) is 4.64. The molecule has 3 aromatic rings. The number of pyridine rings is 1. The van der Waals surface area contributed by atoms with Gasteiger partial charge in [0.1, 0.15) is 23.2 Å². The number of likely N-dealkylation sites (tertiary alicyclic amines) is 1. The molecule has 0 radical (unpaired) electrons. The van der Waals surface area contributed by atoms with Crippen LogP contribution in [-0.2, 0) is 0 Å². The van der Waals surface area contributed by atoms with Gasteiger partial charge in [0.05, 0.1) is 5.69 Å². The molecule has 1 fully saturated rings. The number of amides is 1. The van der Waals surface area contributed by atoms with Crippen molar-refractivity contribution < 1.29 is 4.79 Å². The van der Waals surface area contributed by atoms with Gasteiger partial charge in [0.25, 0.3) is 5.91 Å². The summed E-state index contributed by atoms with van der Waals surface area (Å²) in [6.07, 6.45) is 5.26. The van der Waals surface area contributed by atoms with E-state index in [0.29, 0.717) is 23.9 Å². The number of aryl methyl sites for hydroxylation is 1. The highest BCUT2D eigenvalue weighted by Gasteiger charge is 2.27. The summed E-state index contributed by atoms with van der Waals surface area (Å²) in [7, 11) is 0. The Morgan fingerprint density at radius 3 is 2.93 bits per heavy atom. The van der Waals surface area contributed by atoms with Crippen molar-refractivity contribution >= 4 is 17.5 Å². The molecule has 1 aliphatic heterocycles. The molecule has 8 heteroatoms. The third kappa shape index (κ3) is 3.94. The number of aromatic amines is 1. The van der Waals surface area contributed by atoms with Gasteiger partial charge in [-0.3, -0.25) is 9.89 Å². The first-order chi connectivity index (χ1) is 13.2. The fraction of sp³-hybridized carbons (Fsp3) is 0.316. The number of hydrogen-bond donors (Lipinski definition) is 2. The van der Waals surface area contributed by atoms with Gasteiger partial charge in [0.2, 0.25) is 0 Å². The van der Waals surface area contributed by atoms with E-state index in [-0.39, 0.29) is 11.8 Å². The average Bonchev–Trinajstić information content (AvgIpc) is 3.23. The van der Waals surface area contributed by atoms with Crippen LogP contribution in [0.2, 0.25) is 0 Å². The SMILES string of the molecule is Cc1nc(Nc2ccccn2)cc(C2CCCN(C(=O)c3ccn[nH]3)C2)n1. The van der Waals surface area contributed by atoms with Crippen molar-refractivity contribution in [2.24, 2.45) is 0 Å². The minimum atomic E-state index is -0.0187. The molecule has 0 aromatic carbocycles. The normalized spacial score (nSPS) is 16.9. The second-order valence-corrected chi connectivity index (χ2v) is 6.63. The van der Waals surface area contributed by atoms with Crippen molar-refractivity contribution in [2.45, 2.75) is 25.7 Å². The Bertz CT molecular complexity index is 911. The molecule has 138 valence electrons. The molecule has 0 spiro atoms. The van der Waals surface area contributed by atoms with Crippen molar-refractivity contribution in [3.05, 3.63) is 59.9 Å². The van der Waals surface area contributed by atoms with Crippen LogP contribution in [0.1, 0.15) is 40.8 Å². The molecule has 1 amide bonds. The van der Waals surface area contributed by atoms with Gasteiger partial charge in [0, 0.05) is 37.5 Å². The molecule has 27 heavy (non-hydrogen) atoms. The first kappa shape index (κ1) is 17.1. The number of carbonyl (C=O) groups excluding carboxylic acids is 1. The maximum atomic E-state index is 12.6. The number of aromatic nitrogens is 5. The van der Waals surface area contributed by atoms with E-state index in [1.165, 1.54) is 0 Å². The molecule has 8 nitrogen and oxygen atoms in total. The van der Waals surface area contributed by atoms with Crippen molar-refractivity contribution in [1.82, 2.24) is 30.0 Å². The Morgan fingerprint density at radius 2 is 2.15 bits per heavy atom. The molecule has 3 aromatic heterocycles. The summed E-state index contributed by atoms with van der Waals surface area (Å²) >= 11 is 0. The van der Waals surface area contributed by atoms with Gasteiger partial charge < -0.3 is 10.2 Å². The lowest BCUT2D eigenvalue weighted by molar-refractivity contribution is 0.0700. The molecule has 0 aliphatic carbocycles. The smallest absolute Gasteiger partial charge is 0.271 e. The van der Waals surface area contributed by atoms with E-state index < -0.39 is 0 Å². The Labute approximate surface area is 157 Å². The number of rotatable bonds is 4. The molecule has 2 N–H and O–H groups in total. The van der Waals surface area contributed by atoms with Gasteiger partial charge in [-0.15, -0.1) is 0 Å². The van der Waals surface area contributed by atoms with Gasteiger partial charge in [-0.25, -0.2) is 15.0 Å². The fourth-order valence-corrected chi connectivity index (χ4v) is 3.38. The lowest BCUT2D eigenvalue weighted by Crippen LogP contribution is -2.39. The van der Waals surface area contributed by atoms with Crippen molar-refractivity contribution in [1.29, 1.82) is 0 Å². The first-order valence-corrected chi connectivity index (χ1v) is 9.01. The van der Waals surface area contributed by atoms with E-state index in [2.05, 4.69) is 30.5 Å². The second-order valence-electron chi connectivity index (χ2n) is 6.63. The van der Waals surface area contributed by atoms with Crippen LogP contribution in [0.15, 0.2) is 42.7 Å². The predicted molar refractivity (Wildman–Crippen MR) is 101 cm³/mol. The Morgan fingerprint density at radius 1 is 1.22 bits per heavy atom. The zero-order chi connectivity index (χ0) is 18.6. The van der Waals surface area contributed by atoms with Crippen LogP contribution >= 0.6 is 0 Å². The van der Waals surface area contributed by atoms with Gasteiger partial charge in [-0.2, -0.15) is 5.10 Å². The number of nitrogens with one attached hydrogen (secondary N) is 2. The summed E-state index contributed by atoms with van der Waals surface area (Å²) in [5, 5.41) is 9.85. The molecular weight excluding hydrogens is 342 g/mol. The number of anilines is 2. The van der Waals surface area contributed by atoms with Crippen molar-refractivity contribution in [3.8, 4) is 0 Å². The van der Waals surface area contributed by atoms with E-state index in [1.54, 1.807) is 18.5 Å². The molecular formula is C19H21N7O. The Kier molecular flexibility index (Phi) is 4.78. The summed E-state index contributed by atoms with van der Waals surface area (Å²) in [5.74, 6) is 2.31. The molecule has 4 heterocycles. The van der Waals surface area contributed by atoms with Crippen LogP contribution in [0, 0.1) is 6.92 Å². The second kappa shape index (κ2) is 7.53. The maximum Gasteiger partial charge on any atom is 0.271 e. The molecule has 4 rings (SSSR count). The third-order valence-electron chi connectivity index (χ3n) is 4.64. The molecule has 0 saturated carbocycles. The fourth-order valence-electron chi connectivity index (χ4n) is 3.38.